The highest BCUT2D eigenvalue weighted by Gasteiger charge is 2.02. The van der Waals surface area contributed by atoms with Crippen LogP contribution >= 0.6 is 24.0 Å². The van der Waals surface area contributed by atoms with Gasteiger partial charge in [-0.2, -0.15) is 0 Å². The smallest absolute Gasteiger partial charge is 0.411 e. The van der Waals surface area contributed by atoms with Gasteiger partial charge >= 0.3 is 6.09 Å². The van der Waals surface area contributed by atoms with Gasteiger partial charge in [-0.1, -0.05) is 24.3 Å². The molecular formula is C19H24FIN4O2. The maximum Gasteiger partial charge on any atom is 0.411 e. The zero-order chi connectivity index (χ0) is 18.8. The monoisotopic (exact) mass is 486 g/mol. The van der Waals surface area contributed by atoms with Crippen LogP contribution in [-0.4, -0.2) is 25.7 Å². The Morgan fingerprint density at radius 1 is 1.04 bits per heavy atom. The summed E-state index contributed by atoms with van der Waals surface area (Å²) in [6.45, 7) is 3.75. The molecule has 0 spiro atoms. The molecule has 0 bridgehead atoms. The van der Waals surface area contributed by atoms with Crippen molar-refractivity contribution in [2.24, 2.45) is 4.99 Å². The predicted octanol–water partition coefficient (Wildman–Crippen LogP) is 3.88. The Bertz CT molecular complexity index is 736. The van der Waals surface area contributed by atoms with Crippen molar-refractivity contribution < 1.29 is 13.9 Å². The third-order valence-corrected chi connectivity index (χ3v) is 3.52. The first-order valence-electron chi connectivity index (χ1n) is 8.31. The van der Waals surface area contributed by atoms with Gasteiger partial charge in [-0.3, -0.25) is 5.32 Å². The summed E-state index contributed by atoms with van der Waals surface area (Å²) < 4.78 is 17.5. The number of carbonyl (C=O) groups excluding carboxylic acids is 1. The number of nitrogens with zero attached hydrogens (tertiary/aromatic N) is 1. The fraction of sp³-hybridized carbons (Fsp3) is 0.263. The number of amides is 1. The van der Waals surface area contributed by atoms with E-state index in [1.165, 1.54) is 19.2 Å². The van der Waals surface area contributed by atoms with Crippen LogP contribution in [0.2, 0.25) is 0 Å². The van der Waals surface area contributed by atoms with Crippen LogP contribution in [0.1, 0.15) is 18.1 Å². The van der Waals surface area contributed by atoms with Gasteiger partial charge in [-0.15, -0.1) is 24.0 Å². The van der Waals surface area contributed by atoms with Gasteiger partial charge in [-0.25, -0.2) is 14.2 Å². The molecule has 146 valence electrons. The molecule has 0 aliphatic heterocycles. The van der Waals surface area contributed by atoms with E-state index in [0.29, 0.717) is 24.7 Å². The molecule has 8 heteroatoms. The predicted molar refractivity (Wildman–Crippen MR) is 116 cm³/mol. The Kier molecular flexibility index (Phi) is 10.2. The lowest BCUT2D eigenvalue weighted by Gasteiger charge is -2.11. The Balaban J connectivity index is 0.00000364. The van der Waals surface area contributed by atoms with Crippen molar-refractivity contribution >= 4 is 41.7 Å². The zero-order valence-corrected chi connectivity index (χ0v) is 17.6. The first kappa shape index (κ1) is 22.7. The van der Waals surface area contributed by atoms with Crippen LogP contribution in [0.15, 0.2) is 53.5 Å². The summed E-state index contributed by atoms with van der Waals surface area (Å²) in [5, 5.41) is 8.98. The first-order valence-corrected chi connectivity index (χ1v) is 8.31. The van der Waals surface area contributed by atoms with Crippen LogP contribution in [0.4, 0.5) is 14.9 Å². The normalized spacial score (nSPS) is 10.6. The second kappa shape index (κ2) is 12.1. The van der Waals surface area contributed by atoms with Gasteiger partial charge in [0.1, 0.15) is 5.82 Å². The second-order valence-corrected chi connectivity index (χ2v) is 5.49. The number of guanidine groups is 1. The van der Waals surface area contributed by atoms with Crippen molar-refractivity contribution in [3.8, 4) is 0 Å². The quantitative estimate of drug-likeness (QED) is 0.329. The van der Waals surface area contributed by atoms with E-state index in [9.17, 15) is 9.18 Å². The molecule has 0 heterocycles. The lowest BCUT2D eigenvalue weighted by Crippen LogP contribution is -2.36. The molecule has 2 rings (SSSR count). The highest BCUT2D eigenvalue weighted by atomic mass is 127. The first-order chi connectivity index (χ1) is 12.6. The van der Waals surface area contributed by atoms with Crippen LogP contribution in [0.3, 0.4) is 0 Å². The molecule has 0 aromatic heterocycles. The van der Waals surface area contributed by atoms with Crippen molar-refractivity contribution in [2.75, 3.05) is 19.0 Å². The summed E-state index contributed by atoms with van der Waals surface area (Å²) in [5.74, 6) is 0.424. The number of carbonyl (C=O) groups is 1. The number of hydrogen-bond acceptors (Lipinski definition) is 3. The van der Waals surface area contributed by atoms with E-state index in [1.807, 2.05) is 19.1 Å². The van der Waals surface area contributed by atoms with Gasteiger partial charge in [0, 0.05) is 18.8 Å². The van der Waals surface area contributed by atoms with E-state index in [-0.39, 0.29) is 29.8 Å². The number of ether oxygens (including phenoxy) is 1. The summed E-state index contributed by atoms with van der Waals surface area (Å²) in [6.07, 6.45) is -0.504. The standard InChI is InChI=1S/C19H23FN4O2.HI/c1-3-21-18(22-12-14-4-8-16(20)9-5-14)23-13-15-6-10-17(11-7-15)24-19(25)26-2;/h4-11H,3,12-13H2,1-2H3,(H,24,25)(H2,21,22,23);1H. The third-order valence-electron chi connectivity index (χ3n) is 3.52. The molecule has 0 unspecified atom stereocenters. The Labute approximate surface area is 175 Å². The van der Waals surface area contributed by atoms with Crippen LogP contribution in [0.25, 0.3) is 0 Å². The Hall–Kier alpha value is -2.36. The van der Waals surface area contributed by atoms with Gasteiger partial charge in [0.25, 0.3) is 0 Å². The summed E-state index contributed by atoms with van der Waals surface area (Å²) in [5.41, 5.74) is 2.63. The second-order valence-electron chi connectivity index (χ2n) is 5.49. The molecule has 6 nitrogen and oxygen atoms in total. The molecule has 0 aliphatic rings. The van der Waals surface area contributed by atoms with Crippen LogP contribution in [-0.2, 0) is 17.8 Å². The van der Waals surface area contributed by atoms with Gasteiger partial charge < -0.3 is 15.4 Å². The van der Waals surface area contributed by atoms with E-state index >= 15 is 0 Å². The van der Waals surface area contributed by atoms with Gasteiger partial charge in [0.15, 0.2) is 5.96 Å². The minimum atomic E-state index is -0.504. The number of benzene rings is 2. The number of anilines is 1. The van der Waals surface area contributed by atoms with Gasteiger partial charge in [-0.05, 0) is 42.3 Å². The maximum absolute atomic E-state index is 12.9. The average Bonchev–Trinajstić information content (AvgIpc) is 2.66. The summed E-state index contributed by atoms with van der Waals surface area (Å²) in [7, 11) is 1.32. The van der Waals surface area contributed by atoms with E-state index in [4.69, 9.17) is 0 Å². The van der Waals surface area contributed by atoms with Crippen molar-refractivity contribution in [3.05, 3.63) is 65.5 Å². The molecule has 0 aliphatic carbocycles. The highest BCUT2D eigenvalue weighted by Crippen LogP contribution is 2.10. The van der Waals surface area contributed by atoms with E-state index in [0.717, 1.165) is 17.7 Å². The lowest BCUT2D eigenvalue weighted by molar-refractivity contribution is 0.187. The number of halogens is 2. The molecular weight excluding hydrogens is 462 g/mol. The topological polar surface area (TPSA) is 74.8 Å². The third kappa shape index (κ3) is 8.25. The number of nitrogens with one attached hydrogen (secondary N) is 3. The zero-order valence-electron chi connectivity index (χ0n) is 15.3. The van der Waals surface area contributed by atoms with Crippen molar-refractivity contribution in [1.29, 1.82) is 0 Å². The van der Waals surface area contributed by atoms with E-state index in [2.05, 4.69) is 25.7 Å². The molecule has 0 saturated carbocycles. The minimum absolute atomic E-state index is 0. The Morgan fingerprint density at radius 2 is 1.67 bits per heavy atom. The molecule has 3 N–H and O–H groups in total. The fourth-order valence-electron chi connectivity index (χ4n) is 2.16. The van der Waals surface area contributed by atoms with Crippen molar-refractivity contribution in [1.82, 2.24) is 10.6 Å². The maximum atomic E-state index is 12.9. The molecule has 0 fully saturated rings. The number of methoxy groups -OCH3 is 1. The largest absolute Gasteiger partial charge is 0.453 e. The lowest BCUT2D eigenvalue weighted by atomic mass is 10.2. The summed E-state index contributed by atoms with van der Waals surface area (Å²) in [6, 6.07) is 13.7. The van der Waals surface area contributed by atoms with Gasteiger partial charge in [0.05, 0.1) is 13.7 Å². The fourth-order valence-corrected chi connectivity index (χ4v) is 2.16. The number of hydrogen-bond donors (Lipinski definition) is 3. The SMILES string of the molecule is CCNC(=NCc1ccc(NC(=O)OC)cc1)NCc1ccc(F)cc1.I. The van der Waals surface area contributed by atoms with E-state index < -0.39 is 6.09 Å². The molecule has 2 aromatic carbocycles. The highest BCUT2D eigenvalue weighted by molar-refractivity contribution is 14.0. The molecule has 0 saturated heterocycles. The number of aliphatic imine (C=N–C) groups is 1. The summed E-state index contributed by atoms with van der Waals surface area (Å²) in [4.78, 5) is 15.7. The molecule has 1 amide bonds. The molecule has 0 atom stereocenters. The minimum Gasteiger partial charge on any atom is -0.453 e. The van der Waals surface area contributed by atoms with Gasteiger partial charge in [0.2, 0.25) is 0 Å². The van der Waals surface area contributed by atoms with Crippen molar-refractivity contribution in [3.63, 3.8) is 0 Å². The molecule has 0 radical (unpaired) electrons. The molecule has 27 heavy (non-hydrogen) atoms. The Morgan fingerprint density at radius 3 is 2.26 bits per heavy atom. The van der Waals surface area contributed by atoms with E-state index in [1.54, 1.807) is 24.3 Å². The van der Waals surface area contributed by atoms with Crippen LogP contribution < -0.4 is 16.0 Å². The van der Waals surface area contributed by atoms with Crippen LogP contribution in [0.5, 0.6) is 0 Å². The average molecular weight is 486 g/mol. The van der Waals surface area contributed by atoms with Crippen molar-refractivity contribution in [2.45, 2.75) is 20.0 Å². The summed E-state index contributed by atoms with van der Waals surface area (Å²) >= 11 is 0. The van der Waals surface area contributed by atoms with Crippen LogP contribution in [0, 0.1) is 5.82 Å². The number of rotatable bonds is 6. The molecule has 2 aromatic rings.